The van der Waals surface area contributed by atoms with Crippen molar-refractivity contribution in [1.82, 2.24) is 9.80 Å². The van der Waals surface area contributed by atoms with E-state index < -0.39 is 0 Å². The van der Waals surface area contributed by atoms with Crippen LogP contribution in [0.5, 0.6) is 0 Å². The number of carbonyl (C=O) groups excluding carboxylic acids is 1. The van der Waals surface area contributed by atoms with Gasteiger partial charge in [-0.05, 0) is 42.4 Å². The fourth-order valence-electron chi connectivity index (χ4n) is 3.10. The highest BCUT2D eigenvalue weighted by Crippen LogP contribution is 2.29. The predicted octanol–water partition coefficient (Wildman–Crippen LogP) is 3.75. The van der Waals surface area contributed by atoms with Gasteiger partial charge in [0.2, 0.25) is 0 Å². The number of carbonyl (C=O) groups is 1. The molecule has 0 saturated carbocycles. The number of rotatable bonds is 5. The normalized spacial score (nSPS) is 14.8. The highest BCUT2D eigenvalue weighted by atomic mass is 32.1. The number of ether oxygens (including phenoxy) is 1. The van der Waals surface area contributed by atoms with Crippen LogP contribution in [-0.2, 0) is 17.7 Å². The van der Waals surface area contributed by atoms with E-state index in [1.807, 2.05) is 18.2 Å². The summed E-state index contributed by atoms with van der Waals surface area (Å²) >= 11 is 7.11. The van der Waals surface area contributed by atoms with Gasteiger partial charge in [-0.25, -0.2) is 9.18 Å². The number of benzene rings is 1. The molecular formula is C20H24FN3O2S2. The van der Waals surface area contributed by atoms with Crippen molar-refractivity contribution in [1.29, 1.82) is 0 Å². The molecule has 1 N–H and O–H groups in total. The standard InChI is InChI=1S/C20H24FN3O2S2/c1-3-16-12-17(19(25)26-2)18(28-16)22-20(27)24-10-8-23(9-11-24)13-14-4-6-15(21)7-5-14/h4-7,12H,3,8-11,13H2,1-2H3,(H,22,27). The van der Waals surface area contributed by atoms with Gasteiger partial charge in [-0.15, -0.1) is 11.3 Å². The second-order valence-corrected chi connectivity index (χ2v) is 8.14. The molecule has 0 spiro atoms. The molecule has 0 amide bonds. The number of esters is 1. The van der Waals surface area contributed by atoms with Crippen LogP contribution in [0.1, 0.15) is 27.7 Å². The lowest BCUT2D eigenvalue weighted by Gasteiger charge is -2.36. The highest BCUT2D eigenvalue weighted by molar-refractivity contribution is 7.80. The van der Waals surface area contributed by atoms with E-state index >= 15 is 0 Å². The van der Waals surface area contributed by atoms with Crippen LogP contribution < -0.4 is 5.32 Å². The molecule has 0 aliphatic carbocycles. The Morgan fingerprint density at radius 3 is 2.54 bits per heavy atom. The monoisotopic (exact) mass is 421 g/mol. The van der Waals surface area contributed by atoms with Gasteiger partial charge in [-0.2, -0.15) is 0 Å². The van der Waals surface area contributed by atoms with Gasteiger partial charge < -0.3 is 15.0 Å². The van der Waals surface area contributed by atoms with Crippen molar-refractivity contribution in [3.05, 3.63) is 52.2 Å². The van der Waals surface area contributed by atoms with Crippen LogP contribution in [-0.4, -0.2) is 54.2 Å². The molecule has 1 aliphatic heterocycles. The Kier molecular flexibility index (Phi) is 6.98. The summed E-state index contributed by atoms with van der Waals surface area (Å²) in [6.07, 6.45) is 0.852. The molecular weight excluding hydrogens is 397 g/mol. The summed E-state index contributed by atoms with van der Waals surface area (Å²) < 4.78 is 17.9. The summed E-state index contributed by atoms with van der Waals surface area (Å²) in [5.74, 6) is -0.568. The van der Waals surface area contributed by atoms with E-state index in [4.69, 9.17) is 17.0 Å². The number of hydrogen-bond donors (Lipinski definition) is 1. The van der Waals surface area contributed by atoms with Gasteiger partial charge in [0.25, 0.3) is 0 Å². The van der Waals surface area contributed by atoms with Gasteiger partial charge >= 0.3 is 5.97 Å². The summed E-state index contributed by atoms with van der Waals surface area (Å²) in [5.41, 5.74) is 1.63. The molecule has 1 saturated heterocycles. The molecule has 3 rings (SSSR count). The number of methoxy groups -OCH3 is 1. The van der Waals surface area contributed by atoms with Gasteiger partial charge in [0, 0.05) is 37.6 Å². The predicted molar refractivity (Wildman–Crippen MR) is 115 cm³/mol. The Hall–Kier alpha value is -2.03. The molecule has 0 radical (unpaired) electrons. The van der Waals surface area contributed by atoms with E-state index in [0.717, 1.165) is 54.6 Å². The second-order valence-electron chi connectivity index (χ2n) is 6.62. The van der Waals surface area contributed by atoms with Gasteiger partial charge in [-0.1, -0.05) is 19.1 Å². The third-order valence-electron chi connectivity index (χ3n) is 4.74. The lowest BCUT2D eigenvalue weighted by atomic mass is 10.2. The molecule has 1 aromatic carbocycles. The number of nitrogens with zero attached hydrogens (tertiary/aromatic N) is 2. The Balaban J connectivity index is 1.56. The maximum atomic E-state index is 13.0. The molecule has 5 nitrogen and oxygen atoms in total. The zero-order valence-corrected chi connectivity index (χ0v) is 17.7. The lowest BCUT2D eigenvalue weighted by Crippen LogP contribution is -2.49. The quantitative estimate of drug-likeness (QED) is 0.586. The SMILES string of the molecule is CCc1cc(C(=O)OC)c(NC(=S)N2CCN(Cc3ccc(F)cc3)CC2)s1. The third kappa shape index (κ3) is 5.06. The molecule has 0 atom stereocenters. The molecule has 28 heavy (non-hydrogen) atoms. The number of halogens is 1. The summed E-state index contributed by atoms with van der Waals surface area (Å²) in [4.78, 5) is 17.6. The first kappa shape index (κ1) is 20.7. The van der Waals surface area contributed by atoms with Crippen molar-refractivity contribution in [2.75, 3.05) is 38.6 Å². The zero-order chi connectivity index (χ0) is 20.1. The van der Waals surface area contributed by atoms with E-state index in [1.165, 1.54) is 30.6 Å². The van der Waals surface area contributed by atoms with Gasteiger partial charge in [0.15, 0.2) is 5.11 Å². The Morgan fingerprint density at radius 1 is 1.25 bits per heavy atom. The first-order valence-electron chi connectivity index (χ1n) is 9.24. The van der Waals surface area contributed by atoms with E-state index in [-0.39, 0.29) is 11.8 Å². The highest BCUT2D eigenvalue weighted by Gasteiger charge is 2.22. The van der Waals surface area contributed by atoms with Crippen LogP contribution >= 0.6 is 23.6 Å². The van der Waals surface area contributed by atoms with Gasteiger partial charge in [-0.3, -0.25) is 4.90 Å². The minimum absolute atomic E-state index is 0.212. The van der Waals surface area contributed by atoms with Crippen molar-refractivity contribution < 1.29 is 13.9 Å². The van der Waals surface area contributed by atoms with Crippen molar-refractivity contribution >= 4 is 39.6 Å². The summed E-state index contributed by atoms with van der Waals surface area (Å²) in [6, 6.07) is 8.50. The number of thiophene rings is 1. The maximum absolute atomic E-state index is 13.0. The van der Waals surface area contributed by atoms with Crippen LogP contribution in [0.3, 0.4) is 0 Å². The van der Waals surface area contributed by atoms with Gasteiger partial charge in [0.05, 0.1) is 12.7 Å². The first-order valence-corrected chi connectivity index (χ1v) is 10.5. The molecule has 1 aliphatic rings. The van der Waals surface area contributed by atoms with E-state index in [9.17, 15) is 9.18 Å². The van der Waals surface area contributed by atoms with Crippen LogP contribution in [0.2, 0.25) is 0 Å². The molecule has 8 heteroatoms. The Morgan fingerprint density at radius 2 is 1.93 bits per heavy atom. The Labute approximate surface area is 174 Å². The molecule has 1 aromatic heterocycles. The number of thiocarbonyl (C=S) groups is 1. The van der Waals surface area contributed by atoms with Crippen LogP contribution in [0.4, 0.5) is 9.39 Å². The zero-order valence-electron chi connectivity index (χ0n) is 16.0. The van der Waals surface area contributed by atoms with E-state index in [0.29, 0.717) is 10.7 Å². The van der Waals surface area contributed by atoms with Gasteiger partial charge in [0.1, 0.15) is 10.8 Å². The molecule has 150 valence electrons. The molecule has 0 unspecified atom stereocenters. The topological polar surface area (TPSA) is 44.8 Å². The van der Waals surface area contributed by atoms with Crippen LogP contribution in [0.15, 0.2) is 30.3 Å². The molecule has 1 fully saturated rings. The fourth-order valence-corrected chi connectivity index (χ4v) is 4.44. The van der Waals surface area contributed by atoms with Crippen molar-refractivity contribution in [2.24, 2.45) is 0 Å². The molecule has 2 aromatic rings. The summed E-state index contributed by atoms with van der Waals surface area (Å²) in [6.45, 7) is 6.18. The number of piperazine rings is 1. The minimum Gasteiger partial charge on any atom is -0.465 e. The van der Waals surface area contributed by atoms with Crippen LogP contribution in [0, 0.1) is 5.82 Å². The summed E-state index contributed by atoms with van der Waals surface area (Å²) in [5, 5.41) is 4.60. The number of aryl methyl sites for hydroxylation is 1. The molecule has 2 heterocycles. The minimum atomic E-state index is -0.356. The Bertz CT molecular complexity index is 830. The van der Waals surface area contributed by atoms with Crippen LogP contribution in [0.25, 0.3) is 0 Å². The van der Waals surface area contributed by atoms with E-state index in [1.54, 1.807) is 0 Å². The van der Waals surface area contributed by atoms with Crippen molar-refractivity contribution in [2.45, 2.75) is 19.9 Å². The molecule has 0 bridgehead atoms. The first-order chi connectivity index (χ1) is 13.5. The summed E-state index contributed by atoms with van der Waals surface area (Å²) in [7, 11) is 1.38. The second kappa shape index (κ2) is 9.45. The average molecular weight is 422 g/mol. The average Bonchev–Trinajstić information content (AvgIpc) is 3.12. The fraction of sp³-hybridized carbons (Fsp3) is 0.400. The number of hydrogen-bond acceptors (Lipinski definition) is 5. The largest absolute Gasteiger partial charge is 0.465 e. The number of nitrogens with one attached hydrogen (secondary N) is 1. The van der Waals surface area contributed by atoms with Crippen molar-refractivity contribution in [3.63, 3.8) is 0 Å². The van der Waals surface area contributed by atoms with E-state index in [2.05, 4.69) is 22.0 Å². The number of anilines is 1. The third-order valence-corrected chi connectivity index (χ3v) is 6.29. The lowest BCUT2D eigenvalue weighted by molar-refractivity contribution is 0.0602. The van der Waals surface area contributed by atoms with Crippen molar-refractivity contribution in [3.8, 4) is 0 Å². The maximum Gasteiger partial charge on any atom is 0.340 e. The smallest absolute Gasteiger partial charge is 0.340 e.